The molecule has 0 aliphatic carbocycles. The van der Waals surface area contributed by atoms with Gasteiger partial charge in [-0.25, -0.2) is 9.59 Å². The molecule has 0 radical (unpaired) electrons. The highest BCUT2D eigenvalue weighted by atomic mass is 16.6. The molecule has 0 bridgehead atoms. The molecule has 19 heavy (non-hydrogen) atoms. The molecule has 5 nitrogen and oxygen atoms in total. The Kier molecular flexibility index (Phi) is 6.06. The van der Waals surface area contributed by atoms with E-state index in [1.54, 1.807) is 27.7 Å². The van der Waals surface area contributed by atoms with E-state index in [4.69, 9.17) is 9.47 Å². The second kappa shape index (κ2) is 6.59. The number of methoxy groups -OCH3 is 1. The zero-order valence-corrected chi connectivity index (χ0v) is 12.9. The van der Waals surface area contributed by atoms with Crippen molar-refractivity contribution < 1.29 is 19.1 Å². The number of alkyl carbamates (subject to hydrolysis) is 1. The number of carbonyl (C=O) groups excluding carboxylic acids is 2. The fourth-order valence-electron chi connectivity index (χ4n) is 1.35. The second-order valence-electron chi connectivity index (χ2n) is 5.94. The molecule has 0 aliphatic heterocycles. The Bertz CT molecular complexity index is 364. The van der Waals surface area contributed by atoms with Crippen LogP contribution < -0.4 is 5.32 Å². The van der Waals surface area contributed by atoms with Gasteiger partial charge in [-0.3, -0.25) is 0 Å². The second-order valence-corrected chi connectivity index (χ2v) is 5.94. The van der Waals surface area contributed by atoms with Gasteiger partial charge in [0, 0.05) is 0 Å². The van der Waals surface area contributed by atoms with Gasteiger partial charge in [0.1, 0.15) is 11.1 Å². The van der Waals surface area contributed by atoms with Gasteiger partial charge in [0.05, 0.1) is 7.11 Å². The van der Waals surface area contributed by atoms with E-state index < -0.39 is 23.2 Å². The summed E-state index contributed by atoms with van der Waals surface area (Å²) in [7, 11) is 1.29. The van der Waals surface area contributed by atoms with Gasteiger partial charge in [0.15, 0.2) is 0 Å². The maximum absolute atomic E-state index is 11.8. The lowest BCUT2D eigenvalue weighted by Gasteiger charge is -2.29. The first-order chi connectivity index (χ1) is 8.50. The molecule has 0 aromatic rings. The fourth-order valence-corrected chi connectivity index (χ4v) is 1.35. The van der Waals surface area contributed by atoms with E-state index in [1.807, 2.05) is 19.9 Å². The Hall–Kier alpha value is -1.52. The summed E-state index contributed by atoms with van der Waals surface area (Å²) in [5.74, 6) is -0.504. The maximum atomic E-state index is 11.8. The van der Waals surface area contributed by atoms with E-state index >= 15 is 0 Å². The molecule has 0 aromatic carbocycles. The third kappa shape index (κ3) is 6.84. The molecule has 110 valence electrons. The van der Waals surface area contributed by atoms with Crippen LogP contribution in [0.4, 0.5) is 4.79 Å². The third-order valence-corrected chi connectivity index (χ3v) is 2.33. The van der Waals surface area contributed by atoms with Crippen LogP contribution in [0.1, 0.15) is 48.0 Å². The van der Waals surface area contributed by atoms with Gasteiger partial charge in [-0.2, -0.15) is 0 Å². The molecule has 5 heteroatoms. The molecule has 1 unspecified atom stereocenters. The first-order valence-electron chi connectivity index (χ1n) is 6.23. The average molecular weight is 271 g/mol. The summed E-state index contributed by atoms with van der Waals surface area (Å²) in [4.78, 5) is 23.6. The van der Waals surface area contributed by atoms with Gasteiger partial charge >= 0.3 is 12.1 Å². The molecule has 1 N–H and O–H groups in total. The first kappa shape index (κ1) is 17.5. The largest absolute Gasteiger partial charge is 0.467 e. The standard InChI is InChI=1S/C14H25NO4/c1-10(2)8-9-14(6,11(16)18-7)15-12(17)19-13(3,4)5/h8H,9H2,1-7H3,(H,15,17). The summed E-state index contributed by atoms with van der Waals surface area (Å²) >= 11 is 0. The van der Waals surface area contributed by atoms with Crippen LogP contribution in [-0.4, -0.2) is 30.3 Å². The highest BCUT2D eigenvalue weighted by Crippen LogP contribution is 2.16. The number of hydrogen-bond donors (Lipinski definition) is 1. The molecule has 0 aliphatic rings. The smallest absolute Gasteiger partial charge is 0.408 e. The summed E-state index contributed by atoms with van der Waals surface area (Å²) in [6.07, 6.45) is 1.58. The van der Waals surface area contributed by atoms with Crippen LogP contribution >= 0.6 is 0 Å². The van der Waals surface area contributed by atoms with Gasteiger partial charge in [0.2, 0.25) is 0 Å². The molecular weight excluding hydrogens is 246 g/mol. The summed E-state index contributed by atoms with van der Waals surface area (Å²) < 4.78 is 9.90. The number of nitrogens with one attached hydrogen (secondary N) is 1. The predicted octanol–water partition coefficient (Wildman–Crippen LogP) is 2.80. The zero-order valence-electron chi connectivity index (χ0n) is 12.9. The maximum Gasteiger partial charge on any atom is 0.408 e. The topological polar surface area (TPSA) is 64.6 Å². The number of hydrogen-bond acceptors (Lipinski definition) is 4. The molecule has 0 rings (SSSR count). The van der Waals surface area contributed by atoms with E-state index in [0.29, 0.717) is 6.42 Å². The van der Waals surface area contributed by atoms with Crippen molar-refractivity contribution in [3.05, 3.63) is 11.6 Å². The van der Waals surface area contributed by atoms with Crippen molar-refractivity contribution in [1.82, 2.24) is 5.32 Å². The first-order valence-corrected chi connectivity index (χ1v) is 6.23. The van der Waals surface area contributed by atoms with Gasteiger partial charge in [-0.15, -0.1) is 0 Å². The van der Waals surface area contributed by atoms with E-state index in [9.17, 15) is 9.59 Å². The molecule has 1 amide bonds. The van der Waals surface area contributed by atoms with Crippen LogP contribution in [0.2, 0.25) is 0 Å². The minimum absolute atomic E-state index is 0.348. The van der Waals surface area contributed by atoms with Crippen molar-refractivity contribution in [2.24, 2.45) is 0 Å². The van der Waals surface area contributed by atoms with Crippen LogP contribution in [0.3, 0.4) is 0 Å². The Labute approximate surface area is 115 Å². The van der Waals surface area contributed by atoms with Gasteiger partial charge in [-0.1, -0.05) is 11.6 Å². The highest BCUT2D eigenvalue weighted by molar-refractivity contribution is 5.85. The Morgan fingerprint density at radius 3 is 2.05 bits per heavy atom. The van der Waals surface area contributed by atoms with Crippen LogP contribution in [0, 0.1) is 0 Å². The van der Waals surface area contributed by atoms with Crippen molar-refractivity contribution in [2.75, 3.05) is 7.11 Å². The van der Waals surface area contributed by atoms with Crippen LogP contribution in [0.25, 0.3) is 0 Å². The summed E-state index contributed by atoms with van der Waals surface area (Å²) in [6, 6.07) is 0. The number of esters is 1. The Morgan fingerprint density at radius 2 is 1.68 bits per heavy atom. The number of amides is 1. The van der Waals surface area contributed by atoms with Crippen molar-refractivity contribution in [1.29, 1.82) is 0 Å². The van der Waals surface area contributed by atoms with Gasteiger partial charge in [-0.05, 0) is 48.0 Å². The van der Waals surface area contributed by atoms with E-state index in [0.717, 1.165) is 5.57 Å². The van der Waals surface area contributed by atoms with E-state index in [2.05, 4.69) is 5.32 Å². The Balaban J connectivity index is 4.92. The van der Waals surface area contributed by atoms with Crippen molar-refractivity contribution in [3.8, 4) is 0 Å². The van der Waals surface area contributed by atoms with Gasteiger partial charge in [0.25, 0.3) is 0 Å². The lowest BCUT2D eigenvalue weighted by molar-refractivity contribution is -0.147. The normalized spacial score (nSPS) is 14.1. The summed E-state index contributed by atoms with van der Waals surface area (Å²) in [6.45, 7) is 10.7. The van der Waals surface area contributed by atoms with Crippen molar-refractivity contribution in [2.45, 2.75) is 59.1 Å². The van der Waals surface area contributed by atoms with Crippen molar-refractivity contribution >= 4 is 12.1 Å². The number of allylic oxidation sites excluding steroid dienone is 1. The summed E-state index contributed by atoms with van der Waals surface area (Å²) in [5.41, 5.74) is -0.687. The minimum Gasteiger partial charge on any atom is -0.467 e. The average Bonchev–Trinajstić information content (AvgIpc) is 2.22. The van der Waals surface area contributed by atoms with Crippen LogP contribution in [0.5, 0.6) is 0 Å². The highest BCUT2D eigenvalue weighted by Gasteiger charge is 2.36. The fraction of sp³-hybridized carbons (Fsp3) is 0.714. The van der Waals surface area contributed by atoms with Crippen LogP contribution in [-0.2, 0) is 14.3 Å². The molecule has 1 atom stereocenters. The molecule has 0 saturated carbocycles. The Morgan fingerprint density at radius 1 is 1.16 bits per heavy atom. The minimum atomic E-state index is -1.13. The molecular formula is C14H25NO4. The van der Waals surface area contributed by atoms with Crippen LogP contribution in [0.15, 0.2) is 11.6 Å². The van der Waals surface area contributed by atoms with Gasteiger partial charge < -0.3 is 14.8 Å². The van der Waals surface area contributed by atoms with E-state index in [1.165, 1.54) is 7.11 Å². The quantitative estimate of drug-likeness (QED) is 0.630. The molecule has 0 spiro atoms. The lowest BCUT2D eigenvalue weighted by atomic mass is 9.97. The molecule has 0 fully saturated rings. The SMILES string of the molecule is COC(=O)C(C)(CC=C(C)C)NC(=O)OC(C)(C)C. The number of rotatable bonds is 4. The van der Waals surface area contributed by atoms with E-state index in [-0.39, 0.29) is 0 Å². The molecule has 0 heterocycles. The predicted molar refractivity (Wildman–Crippen MR) is 73.8 cm³/mol. The lowest BCUT2D eigenvalue weighted by Crippen LogP contribution is -2.53. The van der Waals surface area contributed by atoms with Crippen molar-refractivity contribution in [3.63, 3.8) is 0 Å². The monoisotopic (exact) mass is 271 g/mol. The number of ether oxygens (including phenoxy) is 2. The zero-order chi connectivity index (χ0) is 15.3. The summed E-state index contributed by atoms with van der Waals surface area (Å²) in [5, 5.41) is 2.58. The molecule has 0 saturated heterocycles. The molecule has 0 aromatic heterocycles. The number of carbonyl (C=O) groups is 2. The third-order valence-electron chi connectivity index (χ3n) is 2.33.